The molecule has 0 rings (SSSR count). The third-order valence-corrected chi connectivity index (χ3v) is 2.73. The fraction of sp³-hybridized carbons (Fsp3) is 0.857. The van der Waals surface area contributed by atoms with E-state index in [0.717, 1.165) is 0 Å². The van der Waals surface area contributed by atoms with Gasteiger partial charge in [-0.2, -0.15) is 0 Å². The van der Waals surface area contributed by atoms with Crippen molar-refractivity contribution in [3.05, 3.63) is 11.6 Å². The number of hydrogen-bond donors (Lipinski definition) is 0. The standard InChI is InChI=1S/C14H28/c1-4-6-8-9-11-13-14(3)12-10-7-5-2/h12H,4-11,13H2,1-3H3. The Kier molecular flexibility index (Phi) is 10.6. The second-order valence-electron chi connectivity index (χ2n) is 4.36. The van der Waals surface area contributed by atoms with E-state index < -0.39 is 0 Å². The van der Waals surface area contributed by atoms with Gasteiger partial charge in [-0.3, -0.25) is 0 Å². The van der Waals surface area contributed by atoms with Crippen LogP contribution in [0.1, 0.15) is 78.6 Å². The Bertz CT molecular complexity index is 133. The van der Waals surface area contributed by atoms with Gasteiger partial charge in [-0.15, -0.1) is 0 Å². The first kappa shape index (κ1) is 13.7. The molecule has 0 unspecified atom stereocenters. The topological polar surface area (TPSA) is 0 Å². The second kappa shape index (κ2) is 10.8. The molecular weight excluding hydrogens is 168 g/mol. The Labute approximate surface area is 90.8 Å². The molecule has 0 radical (unpaired) electrons. The van der Waals surface area contributed by atoms with Crippen molar-refractivity contribution < 1.29 is 0 Å². The van der Waals surface area contributed by atoms with Crippen molar-refractivity contribution in [2.24, 2.45) is 0 Å². The highest BCUT2D eigenvalue weighted by molar-refractivity contribution is 4.97. The molecule has 0 amide bonds. The van der Waals surface area contributed by atoms with Crippen LogP contribution < -0.4 is 0 Å². The molecule has 0 saturated carbocycles. The van der Waals surface area contributed by atoms with E-state index >= 15 is 0 Å². The highest BCUT2D eigenvalue weighted by atomic mass is 14.0. The van der Waals surface area contributed by atoms with Crippen LogP contribution in [0, 0.1) is 0 Å². The minimum Gasteiger partial charge on any atom is -0.0856 e. The highest BCUT2D eigenvalue weighted by Crippen LogP contribution is 2.11. The molecule has 0 fully saturated rings. The third kappa shape index (κ3) is 9.83. The van der Waals surface area contributed by atoms with Crippen molar-refractivity contribution in [1.29, 1.82) is 0 Å². The molecule has 0 heterocycles. The van der Waals surface area contributed by atoms with Crippen LogP contribution >= 0.6 is 0 Å². The minimum atomic E-state index is 1.29. The summed E-state index contributed by atoms with van der Waals surface area (Å²) in [5.74, 6) is 0. The van der Waals surface area contributed by atoms with Crippen molar-refractivity contribution >= 4 is 0 Å². The fourth-order valence-electron chi connectivity index (χ4n) is 1.66. The summed E-state index contributed by atoms with van der Waals surface area (Å²) in [6, 6.07) is 0. The molecule has 0 aliphatic heterocycles. The second-order valence-corrected chi connectivity index (χ2v) is 4.36. The van der Waals surface area contributed by atoms with Crippen LogP contribution in [-0.4, -0.2) is 0 Å². The molecule has 0 aromatic heterocycles. The molecular formula is C14H28. The summed E-state index contributed by atoms with van der Waals surface area (Å²) in [5, 5.41) is 0. The average Bonchev–Trinajstić information content (AvgIpc) is 2.18. The van der Waals surface area contributed by atoms with Gasteiger partial charge in [-0.05, 0) is 26.2 Å². The van der Waals surface area contributed by atoms with Crippen molar-refractivity contribution in [2.45, 2.75) is 78.6 Å². The van der Waals surface area contributed by atoms with Crippen molar-refractivity contribution in [1.82, 2.24) is 0 Å². The normalized spacial score (nSPS) is 12.1. The molecule has 0 saturated heterocycles. The molecule has 0 aromatic carbocycles. The number of unbranched alkanes of at least 4 members (excludes halogenated alkanes) is 6. The average molecular weight is 196 g/mol. The molecule has 0 aromatic rings. The van der Waals surface area contributed by atoms with Crippen LogP contribution in [-0.2, 0) is 0 Å². The molecule has 0 bridgehead atoms. The Morgan fingerprint density at radius 3 is 2.14 bits per heavy atom. The van der Waals surface area contributed by atoms with Crippen LogP contribution in [0.15, 0.2) is 11.6 Å². The van der Waals surface area contributed by atoms with Crippen molar-refractivity contribution in [2.75, 3.05) is 0 Å². The smallest absolute Gasteiger partial charge is 0.0323 e. The minimum absolute atomic E-state index is 1.29. The van der Waals surface area contributed by atoms with Crippen LogP contribution in [0.3, 0.4) is 0 Å². The van der Waals surface area contributed by atoms with E-state index in [4.69, 9.17) is 0 Å². The van der Waals surface area contributed by atoms with Gasteiger partial charge in [0.25, 0.3) is 0 Å². The van der Waals surface area contributed by atoms with Crippen LogP contribution in [0.4, 0.5) is 0 Å². The predicted molar refractivity (Wildman–Crippen MR) is 66.7 cm³/mol. The molecule has 0 nitrogen and oxygen atoms in total. The molecule has 0 aliphatic rings. The van der Waals surface area contributed by atoms with Gasteiger partial charge in [0.2, 0.25) is 0 Å². The summed E-state index contributed by atoms with van der Waals surface area (Å²) in [5.41, 5.74) is 1.61. The van der Waals surface area contributed by atoms with Gasteiger partial charge in [0.15, 0.2) is 0 Å². The van der Waals surface area contributed by atoms with E-state index in [0.29, 0.717) is 0 Å². The maximum absolute atomic E-state index is 2.43. The largest absolute Gasteiger partial charge is 0.0856 e. The SMILES string of the molecule is CCCCC=C(C)CCCCCCC. The maximum atomic E-state index is 2.43. The van der Waals surface area contributed by atoms with Crippen LogP contribution in [0.25, 0.3) is 0 Å². The van der Waals surface area contributed by atoms with Gasteiger partial charge in [0, 0.05) is 0 Å². The first-order valence-corrected chi connectivity index (χ1v) is 6.46. The number of rotatable bonds is 9. The fourth-order valence-corrected chi connectivity index (χ4v) is 1.66. The lowest BCUT2D eigenvalue weighted by Crippen LogP contribution is -1.81. The Hall–Kier alpha value is -0.260. The lowest BCUT2D eigenvalue weighted by molar-refractivity contribution is 0.629. The molecule has 0 heteroatoms. The zero-order valence-corrected chi connectivity index (χ0v) is 10.4. The van der Waals surface area contributed by atoms with Crippen LogP contribution in [0.2, 0.25) is 0 Å². The summed E-state index contributed by atoms with van der Waals surface area (Å²) in [4.78, 5) is 0. The number of allylic oxidation sites excluding steroid dienone is 2. The van der Waals surface area contributed by atoms with Gasteiger partial charge in [0.05, 0.1) is 0 Å². The summed E-state index contributed by atoms with van der Waals surface area (Å²) in [6.07, 6.45) is 14.7. The first-order valence-electron chi connectivity index (χ1n) is 6.46. The molecule has 0 atom stereocenters. The highest BCUT2D eigenvalue weighted by Gasteiger charge is 1.91. The molecule has 0 aliphatic carbocycles. The quantitative estimate of drug-likeness (QED) is 0.338. The van der Waals surface area contributed by atoms with Gasteiger partial charge in [-0.1, -0.05) is 64.0 Å². The molecule has 14 heavy (non-hydrogen) atoms. The molecule has 84 valence electrons. The van der Waals surface area contributed by atoms with Crippen molar-refractivity contribution in [3.8, 4) is 0 Å². The van der Waals surface area contributed by atoms with E-state index in [9.17, 15) is 0 Å². The summed E-state index contributed by atoms with van der Waals surface area (Å²) < 4.78 is 0. The Morgan fingerprint density at radius 1 is 0.857 bits per heavy atom. The summed E-state index contributed by atoms with van der Waals surface area (Å²) in [6.45, 7) is 6.82. The first-order chi connectivity index (χ1) is 6.81. The lowest BCUT2D eigenvalue weighted by atomic mass is 10.1. The van der Waals surface area contributed by atoms with E-state index in [1.165, 1.54) is 57.8 Å². The maximum Gasteiger partial charge on any atom is -0.0323 e. The van der Waals surface area contributed by atoms with Gasteiger partial charge in [0.1, 0.15) is 0 Å². The third-order valence-electron chi connectivity index (χ3n) is 2.73. The molecule has 0 N–H and O–H groups in total. The Balaban J connectivity index is 3.25. The zero-order chi connectivity index (χ0) is 10.6. The monoisotopic (exact) mass is 196 g/mol. The van der Waals surface area contributed by atoms with Gasteiger partial charge >= 0.3 is 0 Å². The van der Waals surface area contributed by atoms with E-state index in [-0.39, 0.29) is 0 Å². The molecule has 0 spiro atoms. The number of hydrogen-bond acceptors (Lipinski definition) is 0. The van der Waals surface area contributed by atoms with E-state index in [2.05, 4.69) is 26.8 Å². The summed E-state index contributed by atoms with van der Waals surface area (Å²) >= 11 is 0. The van der Waals surface area contributed by atoms with Crippen LogP contribution in [0.5, 0.6) is 0 Å². The van der Waals surface area contributed by atoms with Crippen molar-refractivity contribution in [3.63, 3.8) is 0 Å². The van der Waals surface area contributed by atoms with Gasteiger partial charge < -0.3 is 0 Å². The summed E-state index contributed by atoms with van der Waals surface area (Å²) in [7, 11) is 0. The van der Waals surface area contributed by atoms with E-state index in [1.807, 2.05) is 0 Å². The zero-order valence-electron chi connectivity index (χ0n) is 10.4. The lowest BCUT2D eigenvalue weighted by Gasteiger charge is -2.01. The van der Waals surface area contributed by atoms with Gasteiger partial charge in [-0.25, -0.2) is 0 Å². The predicted octanol–water partition coefficient (Wildman–Crippen LogP) is 5.48. The van der Waals surface area contributed by atoms with E-state index in [1.54, 1.807) is 5.57 Å². The Morgan fingerprint density at radius 2 is 1.50 bits per heavy atom.